The van der Waals surface area contributed by atoms with Gasteiger partial charge in [-0.2, -0.15) is 5.10 Å². The van der Waals surface area contributed by atoms with Crippen molar-refractivity contribution in [2.45, 2.75) is 103 Å². The highest BCUT2D eigenvalue weighted by Gasteiger charge is 2.25. The summed E-state index contributed by atoms with van der Waals surface area (Å²) in [5.41, 5.74) is 0.224. The molecule has 0 atom stereocenters. The third kappa shape index (κ3) is 7.15. The van der Waals surface area contributed by atoms with Crippen LogP contribution in [0.3, 0.4) is 0 Å². The zero-order chi connectivity index (χ0) is 15.4. The number of rotatable bonds is 13. The van der Waals surface area contributed by atoms with E-state index in [9.17, 15) is 0 Å². The lowest BCUT2D eigenvalue weighted by atomic mass is 9.88. The molecule has 0 aliphatic carbocycles. The second-order valence-corrected chi connectivity index (χ2v) is 6.78. The third-order valence-corrected chi connectivity index (χ3v) is 4.70. The van der Waals surface area contributed by atoms with Gasteiger partial charge in [0.1, 0.15) is 0 Å². The molecule has 0 saturated heterocycles. The van der Waals surface area contributed by atoms with Crippen LogP contribution in [0.5, 0.6) is 0 Å². The van der Waals surface area contributed by atoms with Crippen LogP contribution in [0.1, 0.15) is 97.8 Å². The number of hydrogen-bond acceptors (Lipinski definition) is 1. The lowest BCUT2D eigenvalue weighted by Crippen LogP contribution is -2.30. The number of hydrogen-bond donors (Lipinski definition) is 0. The van der Waals surface area contributed by atoms with Gasteiger partial charge in [0.25, 0.3) is 0 Å². The Morgan fingerprint density at radius 2 is 1.33 bits per heavy atom. The summed E-state index contributed by atoms with van der Waals surface area (Å²) < 4.78 is 2.21. The van der Waals surface area contributed by atoms with E-state index in [1.54, 1.807) is 0 Å². The summed E-state index contributed by atoms with van der Waals surface area (Å²) in [6, 6.07) is 2.06. The molecule has 1 aromatic rings. The highest BCUT2D eigenvalue weighted by Crippen LogP contribution is 2.29. The molecule has 122 valence electrons. The second kappa shape index (κ2) is 10.9. The minimum absolute atomic E-state index is 0.224. The van der Waals surface area contributed by atoms with Gasteiger partial charge >= 0.3 is 0 Å². The average Bonchev–Trinajstić information content (AvgIpc) is 3.02. The van der Waals surface area contributed by atoms with E-state index in [-0.39, 0.29) is 5.54 Å². The van der Waals surface area contributed by atoms with Gasteiger partial charge in [-0.25, -0.2) is 0 Å². The predicted molar refractivity (Wildman–Crippen MR) is 92.6 cm³/mol. The lowest BCUT2D eigenvalue weighted by molar-refractivity contribution is 0.227. The fourth-order valence-corrected chi connectivity index (χ4v) is 3.16. The Morgan fingerprint density at radius 3 is 1.76 bits per heavy atom. The Hall–Kier alpha value is -0.790. The first-order valence-corrected chi connectivity index (χ1v) is 9.23. The molecular formula is C19H36N2. The first-order valence-electron chi connectivity index (χ1n) is 9.23. The minimum Gasteiger partial charge on any atom is -0.267 e. The molecular weight excluding hydrogens is 256 g/mol. The van der Waals surface area contributed by atoms with Crippen molar-refractivity contribution in [2.24, 2.45) is 0 Å². The van der Waals surface area contributed by atoms with Crippen LogP contribution in [0, 0.1) is 0 Å². The van der Waals surface area contributed by atoms with Gasteiger partial charge < -0.3 is 0 Å². The molecule has 0 amide bonds. The van der Waals surface area contributed by atoms with Gasteiger partial charge in [-0.3, -0.25) is 4.68 Å². The molecule has 0 spiro atoms. The van der Waals surface area contributed by atoms with Gasteiger partial charge in [0.15, 0.2) is 0 Å². The SMILES string of the molecule is CCCCCCCC(C)(CCCCCCC)n1cccn1. The van der Waals surface area contributed by atoms with Crippen molar-refractivity contribution in [3.05, 3.63) is 18.5 Å². The number of nitrogens with zero attached hydrogens (tertiary/aromatic N) is 2. The number of unbranched alkanes of at least 4 members (excludes halogenated alkanes) is 8. The maximum atomic E-state index is 4.54. The molecule has 1 rings (SSSR count). The van der Waals surface area contributed by atoms with Gasteiger partial charge in [-0.1, -0.05) is 78.1 Å². The molecule has 0 aromatic carbocycles. The van der Waals surface area contributed by atoms with Gasteiger partial charge in [0.05, 0.1) is 5.54 Å². The smallest absolute Gasteiger partial charge is 0.0599 e. The third-order valence-electron chi connectivity index (χ3n) is 4.70. The Kier molecular flexibility index (Phi) is 9.45. The topological polar surface area (TPSA) is 17.8 Å². The second-order valence-electron chi connectivity index (χ2n) is 6.78. The van der Waals surface area contributed by atoms with Crippen molar-refractivity contribution in [1.82, 2.24) is 9.78 Å². The van der Waals surface area contributed by atoms with Crippen molar-refractivity contribution in [3.8, 4) is 0 Å². The summed E-state index contributed by atoms with van der Waals surface area (Å²) in [5, 5.41) is 4.54. The fraction of sp³-hybridized carbons (Fsp3) is 0.842. The summed E-state index contributed by atoms with van der Waals surface area (Å²) in [5.74, 6) is 0. The van der Waals surface area contributed by atoms with Crippen molar-refractivity contribution in [2.75, 3.05) is 0 Å². The van der Waals surface area contributed by atoms with E-state index in [0.29, 0.717) is 0 Å². The zero-order valence-corrected chi connectivity index (χ0v) is 14.6. The van der Waals surface area contributed by atoms with E-state index in [0.717, 1.165) is 0 Å². The molecule has 1 heterocycles. The molecule has 0 fully saturated rings. The Morgan fingerprint density at radius 1 is 0.810 bits per heavy atom. The average molecular weight is 293 g/mol. The monoisotopic (exact) mass is 292 g/mol. The molecule has 0 saturated carbocycles. The minimum atomic E-state index is 0.224. The highest BCUT2D eigenvalue weighted by atomic mass is 15.3. The molecule has 1 aromatic heterocycles. The fourth-order valence-electron chi connectivity index (χ4n) is 3.16. The summed E-state index contributed by atoms with van der Waals surface area (Å²) >= 11 is 0. The summed E-state index contributed by atoms with van der Waals surface area (Å²) in [6.45, 7) is 6.97. The van der Waals surface area contributed by atoms with E-state index in [2.05, 4.69) is 42.8 Å². The van der Waals surface area contributed by atoms with Crippen LogP contribution in [0.2, 0.25) is 0 Å². The highest BCUT2D eigenvalue weighted by molar-refractivity contribution is 4.88. The Labute approximate surface area is 132 Å². The molecule has 0 aliphatic heterocycles. The molecule has 21 heavy (non-hydrogen) atoms. The molecule has 0 radical (unpaired) electrons. The Bertz CT molecular complexity index is 315. The van der Waals surface area contributed by atoms with Crippen LogP contribution in [0.4, 0.5) is 0 Å². The van der Waals surface area contributed by atoms with Gasteiger partial charge in [0.2, 0.25) is 0 Å². The van der Waals surface area contributed by atoms with Crippen LogP contribution in [0.25, 0.3) is 0 Å². The zero-order valence-electron chi connectivity index (χ0n) is 14.6. The quantitative estimate of drug-likeness (QED) is 0.389. The van der Waals surface area contributed by atoms with Crippen LogP contribution in [-0.2, 0) is 5.54 Å². The van der Waals surface area contributed by atoms with Crippen molar-refractivity contribution in [3.63, 3.8) is 0 Å². The van der Waals surface area contributed by atoms with Gasteiger partial charge in [-0.05, 0) is 25.8 Å². The molecule has 0 unspecified atom stereocenters. The molecule has 0 aliphatic rings. The summed E-state index contributed by atoms with van der Waals surface area (Å²) in [4.78, 5) is 0. The van der Waals surface area contributed by atoms with Gasteiger partial charge in [-0.15, -0.1) is 0 Å². The predicted octanol–water partition coefficient (Wildman–Crippen LogP) is 6.32. The van der Waals surface area contributed by atoms with Crippen molar-refractivity contribution in [1.29, 1.82) is 0 Å². The standard InChI is InChI=1S/C19H36N2/c1-4-6-8-10-12-15-19(3,21-18-14-17-20-21)16-13-11-9-7-5-2/h14,17-18H,4-13,15-16H2,1-3H3. The van der Waals surface area contributed by atoms with Gasteiger partial charge in [0, 0.05) is 12.4 Å². The first kappa shape index (κ1) is 18.3. The normalized spacial score (nSPS) is 12.0. The summed E-state index contributed by atoms with van der Waals surface area (Å²) in [6.07, 6.45) is 20.2. The summed E-state index contributed by atoms with van der Waals surface area (Å²) in [7, 11) is 0. The van der Waals surface area contributed by atoms with E-state index in [1.165, 1.54) is 77.0 Å². The molecule has 0 N–H and O–H groups in total. The number of aromatic nitrogens is 2. The van der Waals surface area contributed by atoms with Crippen molar-refractivity contribution < 1.29 is 0 Å². The van der Waals surface area contributed by atoms with Crippen LogP contribution in [-0.4, -0.2) is 9.78 Å². The maximum Gasteiger partial charge on any atom is 0.0599 e. The van der Waals surface area contributed by atoms with E-state index in [1.807, 2.05) is 6.20 Å². The lowest BCUT2D eigenvalue weighted by Gasteiger charge is -2.30. The molecule has 2 nitrogen and oxygen atoms in total. The van der Waals surface area contributed by atoms with E-state index < -0.39 is 0 Å². The molecule has 2 heteroatoms. The van der Waals surface area contributed by atoms with E-state index in [4.69, 9.17) is 0 Å². The van der Waals surface area contributed by atoms with Crippen molar-refractivity contribution >= 4 is 0 Å². The van der Waals surface area contributed by atoms with E-state index >= 15 is 0 Å². The molecule has 0 bridgehead atoms. The largest absolute Gasteiger partial charge is 0.267 e. The van der Waals surface area contributed by atoms with Crippen LogP contribution in [0.15, 0.2) is 18.5 Å². The maximum absolute atomic E-state index is 4.54. The Balaban J connectivity index is 2.39. The van der Waals surface area contributed by atoms with Crippen LogP contribution < -0.4 is 0 Å². The first-order chi connectivity index (χ1) is 10.2. The van der Waals surface area contributed by atoms with Crippen LogP contribution >= 0.6 is 0 Å².